The Kier molecular flexibility index (Phi) is 4.83. The van der Waals surface area contributed by atoms with Gasteiger partial charge in [-0.05, 0) is 11.6 Å². The number of ether oxygens (including phenoxy) is 1. The first-order valence-electron chi connectivity index (χ1n) is 8.04. The van der Waals surface area contributed by atoms with Crippen molar-refractivity contribution in [3.8, 4) is 0 Å². The van der Waals surface area contributed by atoms with Crippen LogP contribution in [0.15, 0.2) is 48.5 Å². The van der Waals surface area contributed by atoms with E-state index >= 15 is 0 Å². The van der Waals surface area contributed by atoms with Crippen LogP contribution in [0, 0.1) is 20.2 Å². The number of fused-ring (bicyclic) bond motifs is 1. The molecule has 1 heterocycles. The van der Waals surface area contributed by atoms with Crippen molar-refractivity contribution >= 4 is 23.4 Å². The Morgan fingerprint density at radius 1 is 1.07 bits per heavy atom. The van der Waals surface area contributed by atoms with Gasteiger partial charge in [0.1, 0.15) is 0 Å². The van der Waals surface area contributed by atoms with Crippen LogP contribution in [0.1, 0.15) is 21.5 Å². The van der Waals surface area contributed by atoms with Crippen molar-refractivity contribution in [1.29, 1.82) is 0 Å². The smallest absolute Gasteiger partial charge is 0.432 e. The second kappa shape index (κ2) is 7.00. The molecule has 0 unspecified atom stereocenters. The Balaban J connectivity index is 2.18. The summed E-state index contributed by atoms with van der Waals surface area (Å²) in [5.41, 5.74) is -5.74. The van der Waals surface area contributed by atoms with Gasteiger partial charge in [0.25, 0.3) is 11.4 Å². The summed E-state index contributed by atoms with van der Waals surface area (Å²) < 4.78 is 46.4. The summed E-state index contributed by atoms with van der Waals surface area (Å²) in [7, 11) is 0. The predicted octanol–water partition coefficient (Wildman–Crippen LogP) is 4.23. The highest BCUT2D eigenvalue weighted by Gasteiger charge is 2.60. The molecule has 0 saturated carbocycles. The van der Waals surface area contributed by atoms with Crippen LogP contribution in [-0.2, 0) is 11.2 Å². The number of carbonyl (C=O) groups is 1. The van der Waals surface area contributed by atoms with Crippen molar-refractivity contribution in [2.24, 2.45) is 0 Å². The van der Waals surface area contributed by atoms with Crippen LogP contribution in [0.4, 0.5) is 24.5 Å². The van der Waals surface area contributed by atoms with Crippen molar-refractivity contribution in [2.45, 2.75) is 18.2 Å². The van der Waals surface area contributed by atoms with Gasteiger partial charge in [0.05, 0.1) is 21.5 Å². The van der Waals surface area contributed by atoms with E-state index in [1.165, 1.54) is 12.1 Å². The molecule has 0 saturated heterocycles. The van der Waals surface area contributed by atoms with E-state index in [1.807, 2.05) is 0 Å². The van der Waals surface area contributed by atoms with Crippen LogP contribution >= 0.6 is 0 Å². The molecule has 0 amide bonds. The second-order valence-electron chi connectivity index (χ2n) is 6.20. The van der Waals surface area contributed by atoms with Gasteiger partial charge < -0.3 is 4.74 Å². The minimum absolute atomic E-state index is 0.385. The molecule has 1 aliphatic rings. The maximum atomic E-state index is 13.9. The fourth-order valence-electron chi connectivity index (χ4n) is 2.94. The highest BCUT2D eigenvalue weighted by Crippen LogP contribution is 2.45. The lowest BCUT2D eigenvalue weighted by molar-refractivity contribution is -0.395. The van der Waals surface area contributed by atoms with E-state index in [1.54, 1.807) is 18.2 Å². The van der Waals surface area contributed by atoms with Crippen LogP contribution in [0.3, 0.4) is 0 Å². The molecule has 2 aromatic rings. The normalized spacial score (nSPS) is 18.9. The lowest BCUT2D eigenvalue weighted by Gasteiger charge is -2.36. The van der Waals surface area contributed by atoms with E-state index in [0.717, 1.165) is 6.08 Å². The van der Waals surface area contributed by atoms with Gasteiger partial charge in [-0.25, -0.2) is 4.79 Å². The zero-order valence-corrected chi connectivity index (χ0v) is 14.4. The average Bonchev–Trinajstić information content (AvgIpc) is 2.65. The number of non-ortho nitro benzene ring substituents is 1. The van der Waals surface area contributed by atoms with Crippen LogP contribution in [0.25, 0.3) is 6.08 Å². The number of carbonyl (C=O) groups excluding carboxylic acids is 1. The van der Waals surface area contributed by atoms with Crippen LogP contribution in [-0.4, -0.2) is 27.6 Å². The van der Waals surface area contributed by atoms with Gasteiger partial charge in [0.15, 0.2) is 0 Å². The molecule has 0 bridgehead atoms. The van der Waals surface area contributed by atoms with Gasteiger partial charge in [-0.3, -0.25) is 20.2 Å². The lowest BCUT2D eigenvalue weighted by atomic mass is 9.86. The van der Waals surface area contributed by atoms with Crippen molar-refractivity contribution < 1.29 is 32.5 Å². The van der Waals surface area contributed by atoms with E-state index in [0.29, 0.717) is 23.8 Å². The molecular formula is C18H11F3N2O6. The number of esters is 1. The zero-order valence-electron chi connectivity index (χ0n) is 14.4. The van der Waals surface area contributed by atoms with Gasteiger partial charge in [0, 0.05) is 18.1 Å². The number of alkyl halides is 3. The first kappa shape index (κ1) is 20.0. The fourth-order valence-corrected chi connectivity index (χ4v) is 2.94. The minimum atomic E-state index is -5.10. The summed E-state index contributed by atoms with van der Waals surface area (Å²) in [6.45, 7) is 0. The summed E-state index contributed by atoms with van der Waals surface area (Å²) in [6, 6.07) is 9.07. The van der Waals surface area contributed by atoms with E-state index in [4.69, 9.17) is 0 Å². The van der Waals surface area contributed by atoms with E-state index in [2.05, 4.69) is 4.74 Å². The first-order chi connectivity index (χ1) is 13.5. The van der Waals surface area contributed by atoms with Crippen LogP contribution in [0.5, 0.6) is 0 Å². The van der Waals surface area contributed by atoms with Crippen LogP contribution < -0.4 is 0 Å². The van der Waals surface area contributed by atoms with Gasteiger partial charge in [-0.15, -0.1) is 0 Å². The van der Waals surface area contributed by atoms with E-state index in [-0.39, 0.29) is 0 Å². The third-order valence-corrected chi connectivity index (χ3v) is 4.38. The molecule has 0 aromatic heterocycles. The molecule has 0 aliphatic carbocycles. The van der Waals surface area contributed by atoms with Crippen molar-refractivity contribution in [3.63, 3.8) is 0 Å². The van der Waals surface area contributed by atoms with Gasteiger partial charge in [-0.1, -0.05) is 36.4 Å². The van der Waals surface area contributed by atoms with Crippen molar-refractivity contribution in [2.75, 3.05) is 0 Å². The number of nitrogens with zero attached hydrogens (tertiary/aromatic N) is 2. The third-order valence-electron chi connectivity index (χ3n) is 4.38. The number of halogens is 3. The Hall–Kier alpha value is -3.76. The van der Waals surface area contributed by atoms with Gasteiger partial charge >= 0.3 is 12.1 Å². The zero-order chi connectivity index (χ0) is 21.4. The van der Waals surface area contributed by atoms with E-state index < -0.39 is 56.5 Å². The molecule has 8 nitrogen and oxygen atoms in total. The number of benzene rings is 2. The Labute approximate surface area is 160 Å². The first-order valence-corrected chi connectivity index (χ1v) is 8.04. The largest absolute Gasteiger partial charge is 0.441 e. The van der Waals surface area contributed by atoms with Gasteiger partial charge in [0.2, 0.25) is 5.60 Å². The minimum Gasteiger partial charge on any atom is -0.441 e. The Morgan fingerprint density at radius 3 is 2.28 bits per heavy atom. The molecule has 1 atom stereocenters. The molecule has 0 radical (unpaired) electrons. The molecule has 3 rings (SSSR count). The molecule has 0 N–H and O–H groups in total. The topological polar surface area (TPSA) is 113 Å². The number of hydrogen-bond acceptors (Lipinski definition) is 6. The number of cyclic esters (lactones) is 1. The molecule has 11 heteroatoms. The molecule has 29 heavy (non-hydrogen) atoms. The summed E-state index contributed by atoms with van der Waals surface area (Å²) >= 11 is 0. The molecule has 2 aromatic carbocycles. The molecule has 0 fully saturated rings. The Bertz CT molecular complexity index is 1020. The van der Waals surface area contributed by atoms with Crippen molar-refractivity contribution in [3.05, 3.63) is 85.5 Å². The maximum Gasteiger partial charge on any atom is 0.432 e. The highest BCUT2D eigenvalue weighted by molar-refractivity contribution is 5.95. The monoisotopic (exact) mass is 408 g/mol. The fraction of sp³-hybridized carbons (Fsp3) is 0.167. The summed E-state index contributed by atoms with van der Waals surface area (Å²) in [5.74, 6) is -1.53. The summed E-state index contributed by atoms with van der Waals surface area (Å²) in [6.07, 6.45) is -4.48. The third kappa shape index (κ3) is 3.66. The molecule has 1 aliphatic heterocycles. The lowest BCUT2D eigenvalue weighted by Crippen LogP contribution is -2.52. The predicted molar refractivity (Wildman–Crippen MR) is 93.1 cm³/mol. The number of nitro groups is 2. The summed E-state index contributed by atoms with van der Waals surface area (Å²) in [4.78, 5) is 32.5. The SMILES string of the molecule is O=C1O[C@@](/C=C/c2ccccc2)(C(F)(F)F)Cc2c1cc([N+](=O)[O-])cc2[N+](=O)[O-]. The van der Waals surface area contributed by atoms with E-state index in [9.17, 15) is 38.2 Å². The summed E-state index contributed by atoms with van der Waals surface area (Å²) in [5, 5.41) is 22.3. The number of rotatable bonds is 4. The van der Waals surface area contributed by atoms with Gasteiger partial charge in [-0.2, -0.15) is 13.2 Å². The van der Waals surface area contributed by atoms with Crippen molar-refractivity contribution in [1.82, 2.24) is 0 Å². The number of hydrogen-bond donors (Lipinski definition) is 0. The standard InChI is InChI=1S/C18H11F3N2O6/c19-18(20,21)17(7-6-11-4-2-1-3-5-11)10-14-13(16(24)29-17)8-12(22(25)26)9-15(14)23(27)28/h1-9H,10H2/b7-6+/t17-/m1/s1. The Morgan fingerprint density at radius 2 is 1.72 bits per heavy atom. The highest BCUT2D eigenvalue weighted by atomic mass is 19.4. The second-order valence-corrected chi connectivity index (χ2v) is 6.20. The molecular weight excluding hydrogens is 397 g/mol. The quantitative estimate of drug-likeness (QED) is 0.425. The average molecular weight is 408 g/mol. The van der Waals surface area contributed by atoms with Crippen LogP contribution in [0.2, 0.25) is 0 Å². The molecule has 0 spiro atoms. The molecule has 150 valence electrons. The number of nitro benzene ring substituents is 2. The maximum absolute atomic E-state index is 13.9.